The number of rotatable bonds is 3. The van der Waals surface area contributed by atoms with Crippen LogP contribution in [0, 0.1) is 0 Å². The zero-order valence-electron chi connectivity index (χ0n) is 10.5. The number of aryl methyl sites for hydroxylation is 2. The Morgan fingerprint density at radius 2 is 1.81 bits per heavy atom. The maximum Gasteiger partial charge on any atom is 0.135 e. The van der Waals surface area contributed by atoms with Crippen LogP contribution in [0.15, 0.2) is 18.2 Å². The smallest absolute Gasteiger partial charge is 0.135 e. The third-order valence-electron chi connectivity index (χ3n) is 3.35. The van der Waals surface area contributed by atoms with E-state index in [0.717, 1.165) is 0 Å². The molecule has 1 unspecified atom stereocenters. The molecule has 0 aliphatic heterocycles. The zero-order valence-corrected chi connectivity index (χ0v) is 10.5. The summed E-state index contributed by atoms with van der Waals surface area (Å²) in [5.74, 6) is 0. The lowest BCUT2D eigenvalue weighted by atomic mass is 9.90. The summed E-state index contributed by atoms with van der Waals surface area (Å²) in [6.07, 6.45) is 5.22. The van der Waals surface area contributed by atoms with Crippen LogP contribution in [0.25, 0.3) is 0 Å². The van der Waals surface area contributed by atoms with Crippen LogP contribution in [0.1, 0.15) is 35.8 Å². The molecule has 0 N–H and O–H groups in total. The molecular weight excluding hydrogens is 198 g/mol. The zero-order chi connectivity index (χ0) is 11.5. The first-order chi connectivity index (χ1) is 7.72. The van der Waals surface area contributed by atoms with Gasteiger partial charge < -0.3 is 4.74 Å². The molecule has 0 radical (unpaired) electrons. The summed E-state index contributed by atoms with van der Waals surface area (Å²) in [6.45, 7) is 0. The minimum absolute atomic E-state index is 0.0761. The Bertz CT molecular complexity index is 360. The fourth-order valence-electron chi connectivity index (χ4n) is 2.55. The predicted octanol–water partition coefficient (Wildman–Crippen LogP) is 2.77. The number of benzene rings is 1. The third-order valence-corrected chi connectivity index (χ3v) is 3.35. The lowest BCUT2D eigenvalue weighted by Gasteiger charge is -2.25. The van der Waals surface area contributed by atoms with Gasteiger partial charge >= 0.3 is 0 Å². The van der Waals surface area contributed by atoms with Crippen molar-refractivity contribution in [1.82, 2.24) is 4.90 Å². The lowest BCUT2D eigenvalue weighted by Crippen LogP contribution is -2.21. The van der Waals surface area contributed by atoms with Gasteiger partial charge in [-0.15, -0.1) is 0 Å². The lowest BCUT2D eigenvalue weighted by molar-refractivity contribution is -0.00547. The molecule has 0 saturated carbocycles. The molecule has 0 spiro atoms. The van der Waals surface area contributed by atoms with Crippen molar-refractivity contribution in [3.8, 4) is 0 Å². The highest BCUT2D eigenvalue weighted by Crippen LogP contribution is 2.26. The van der Waals surface area contributed by atoms with Gasteiger partial charge in [0.25, 0.3) is 0 Å². The van der Waals surface area contributed by atoms with Crippen LogP contribution in [0.3, 0.4) is 0 Å². The van der Waals surface area contributed by atoms with E-state index in [1.807, 2.05) is 14.1 Å². The predicted molar refractivity (Wildman–Crippen MR) is 66.5 cm³/mol. The monoisotopic (exact) mass is 219 g/mol. The van der Waals surface area contributed by atoms with E-state index in [1.54, 1.807) is 7.11 Å². The molecule has 0 aromatic heterocycles. The fraction of sp³-hybridized carbons (Fsp3) is 0.571. The highest BCUT2D eigenvalue weighted by atomic mass is 16.5. The number of nitrogens with zero attached hydrogens (tertiary/aromatic N) is 1. The first-order valence-electron chi connectivity index (χ1n) is 6.03. The quantitative estimate of drug-likeness (QED) is 0.725. The van der Waals surface area contributed by atoms with Crippen molar-refractivity contribution in [2.75, 3.05) is 21.2 Å². The number of methoxy groups -OCH3 is 1. The molecule has 0 amide bonds. The van der Waals surface area contributed by atoms with Gasteiger partial charge in [-0.25, -0.2) is 0 Å². The van der Waals surface area contributed by atoms with E-state index in [-0.39, 0.29) is 6.23 Å². The fourth-order valence-corrected chi connectivity index (χ4v) is 2.55. The summed E-state index contributed by atoms with van der Waals surface area (Å²) in [5, 5.41) is 0. The Hall–Kier alpha value is -0.860. The normalized spacial score (nSPS) is 17.2. The molecule has 16 heavy (non-hydrogen) atoms. The second-order valence-corrected chi connectivity index (χ2v) is 4.79. The van der Waals surface area contributed by atoms with Gasteiger partial charge in [0.1, 0.15) is 6.23 Å². The molecule has 1 aliphatic rings. The molecule has 1 aromatic rings. The average Bonchev–Trinajstić information content (AvgIpc) is 2.29. The van der Waals surface area contributed by atoms with E-state index in [0.29, 0.717) is 0 Å². The van der Waals surface area contributed by atoms with Gasteiger partial charge in [-0.05, 0) is 56.5 Å². The summed E-state index contributed by atoms with van der Waals surface area (Å²) in [6, 6.07) is 6.81. The van der Waals surface area contributed by atoms with Crippen molar-refractivity contribution in [3.05, 3.63) is 34.9 Å². The molecule has 0 bridgehead atoms. The van der Waals surface area contributed by atoms with Gasteiger partial charge in [0.15, 0.2) is 0 Å². The van der Waals surface area contributed by atoms with E-state index in [1.165, 1.54) is 42.4 Å². The minimum atomic E-state index is 0.0761. The number of fused-ring (bicyclic) bond motifs is 1. The van der Waals surface area contributed by atoms with E-state index >= 15 is 0 Å². The topological polar surface area (TPSA) is 12.5 Å². The van der Waals surface area contributed by atoms with Crippen LogP contribution in [-0.2, 0) is 17.6 Å². The summed E-state index contributed by atoms with van der Waals surface area (Å²) < 4.78 is 5.51. The SMILES string of the molecule is COC(c1ccc2c(c1)CCCC2)N(C)C. The third kappa shape index (κ3) is 2.28. The first kappa shape index (κ1) is 11.6. The van der Waals surface area contributed by atoms with Gasteiger partial charge in [-0.1, -0.05) is 18.2 Å². The van der Waals surface area contributed by atoms with Gasteiger partial charge in [0.2, 0.25) is 0 Å². The maximum absolute atomic E-state index is 5.51. The molecule has 2 heteroatoms. The molecule has 0 fully saturated rings. The molecule has 2 nitrogen and oxygen atoms in total. The largest absolute Gasteiger partial charge is 0.362 e. The van der Waals surface area contributed by atoms with E-state index in [9.17, 15) is 0 Å². The van der Waals surface area contributed by atoms with Gasteiger partial charge in [0.05, 0.1) is 0 Å². The Kier molecular flexibility index (Phi) is 3.62. The Balaban J connectivity index is 2.28. The van der Waals surface area contributed by atoms with E-state index < -0.39 is 0 Å². The summed E-state index contributed by atoms with van der Waals surface area (Å²) >= 11 is 0. The maximum atomic E-state index is 5.51. The first-order valence-corrected chi connectivity index (χ1v) is 6.03. The van der Waals surface area contributed by atoms with Crippen molar-refractivity contribution in [2.45, 2.75) is 31.9 Å². The van der Waals surface area contributed by atoms with Crippen molar-refractivity contribution < 1.29 is 4.74 Å². The summed E-state index contributed by atoms with van der Waals surface area (Å²) in [4.78, 5) is 2.10. The van der Waals surface area contributed by atoms with E-state index in [4.69, 9.17) is 4.74 Å². The van der Waals surface area contributed by atoms with E-state index in [2.05, 4.69) is 23.1 Å². The minimum Gasteiger partial charge on any atom is -0.362 e. The van der Waals surface area contributed by atoms with Crippen LogP contribution in [-0.4, -0.2) is 26.1 Å². The molecule has 1 aliphatic carbocycles. The standard InChI is InChI=1S/C14H21NO/c1-15(2)14(16-3)13-9-8-11-6-4-5-7-12(11)10-13/h8-10,14H,4-7H2,1-3H3. The number of hydrogen-bond donors (Lipinski definition) is 0. The van der Waals surface area contributed by atoms with Crippen molar-refractivity contribution in [3.63, 3.8) is 0 Å². The Labute approximate surface area is 98.2 Å². The average molecular weight is 219 g/mol. The van der Waals surface area contributed by atoms with Gasteiger partial charge in [-0.3, -0.25) is 4.90 Å². The second kappa shape index (κ2) is 4.98. The summed E-state index contributed by atoms with van der Waals surface area (Å²) in [5.41, 5.74) is 4.32. The molecule has 1 aromatic carbocycles. The number of hydrogen-bond acceptors (Lipinski definition) is 2. The van der Waals surface area contributed by atoms with Crippen LogP contribution in [0.4, 0.5) is 0 Å². The highest BCUT2D eigenvalue weighted by molar-refractivity contribution is 5.34. The number of ether oxygens (including phenoxy) is 1. The Morgan fingerprint density at radius 1 is 1.12 bits per heavy atom. The molecule has 0 heterocycles. The van der Waals surface area contributed by atoms with Crippen molar-refractivity contribution >= 4 is 0 Å². The van der Waals surface area contributed by atoms with Gasteiger partial charge in [-0.2, -0.15) is 0 Å². The molecule has 2 rings (SSSR count). The highest BCUT2D eigenvalue weighted by Gasteiger charge is 2.16. The molecular formula is C14H21NO. The van der Waals surface area contributed by atoms with Crippen LogP contribution >= 0.6 is 0 Å². The Morgan fingerprint density at radius 3 is 2.44 bits per heavy atom. The van der Waals surface area contributed by atoms with Crippen molar-refractivity contribution in [1.29, 1.82) is 0 Å². The van der Waals surface area contributed by atoms with Gasteiger partial charge in [0, 0.05) is 7.11 Å². The van der Waals surface area contributed by atoms with Crippen LogP contribution in [0.2, 0.25) is 0 Å². The molecule has 88 valence electrons. The summed E-state index contributed by atoms with van der Waals surface area (Å²) in [7, 11) is 5.87. The molecule has 1 atom stereocenters. The van der Waals surface area contributed by atoms with Crippen molar-refractivity contribution in [2.24, 2.45) is 0 Å². The van der Waals surface area contributed by atoms with Crippen LogP contribution in [0.5, 0.6) is 0 Å². The molecule has 0 saturated heterocycles. The van der Waals surface area contributed by atoms with Crippen LogP contribution < -0.4 is 0 Å². The second-order valence-electron chi connectivity index (χ2n) is 4.79.